The Morgan fingerprint density at radius 3 is 2.25 bits per heavy atom. The molecule has 0 fully saturated rings. The Morgan fingerprint density at radius 2 is 1.70 bits per heavy atom. The first-order valence-electron chi connectivity index (χ1n) is 7.02. The second-order valence-electron chi connectivity index (χ2n) is 4.69. The van der Waals surface area contributed by atoms with Gasteiger partial charge in [0.05, 0.1) is 0 Å². The summed E-state index contributed by atoms with van der Waals surface area (Å²) in [6, 6.07) is 14.1. The van der Waals surface area contributed by atoms with Crippen molar-refractivity contribution in [3.05, 3.63) is 65.5 Å². The van der Waals surface area contributed by atoms with Crippen LogP contribution in [0.5, 0.6) is 0 Å². The van der Waals surface area contributed by atoms with Crippen LogP contribution in [0.15, 0.2) is 48.7 Å². The van der Waals surface area contributed by atoms with Crippen molar-refractivity contribution in [3.63, 3.8) is 0 Å². The molecule has 0 aliphatic heterocycles. The van der Waals surface area contributed by atoms with E-state index in [2.05, 4.69) is 17.1 Å². The van der Waals surface area contributed by atoms with E-state index in [-0.39, 0.29) is 5.91 Å². The molecule has 0 spiro atoms. The molecule has 1 amide bonds. The van der Waals surface area contributed by atoms with Gasteiger partial charge >= 0.3 is 0 Å². The van der Waals surface area contributed by atoms with Crippen molar-refractivity contribution in [1.29, 1.82) is 0 Å². The fraction of sp³-hybridized carbons (Fsp3) is 0.294. The largest absolute Gasteiger partial charge is 0.338 e. The van der Waals surface area contributed by atoms with Gasteiger partial charge in [0.1, 0.15) is 5.69 Å². The lowest BCUT2D eigenvalue weighted by Crippen LogP contribution is -2.31. The van der Waals surface area contributed by atoms with Crippen molar-refractivity contribution in [2.45, 2.75) is 20.3 Å². The fourth-order valence-corrected chi connectivity index (χ4v) is 2.16. The summed E-state index contributed by atoms with van der Waals surface area (Å²) in [6.45, 7) is 5.38. The van der Waals surface area contributed by atoms with E-state index < -0.39 is 0 Å². The highest BCUT2D eigenvalue weighted by molar-refractivity contribution is 5.92. The summed E-state index contributed by atoms with van der Waals surface area (Å²) in [7, 11) is 0. The summed E-state index contributed by atoms with van der Waals surface area (Å²) >= 11 is 0. The minimum absolute atomic E-state index is 0.00117. The van der Waals surface area contributed by atoms with Crippen LogP contribution in [0.1, 0.15) is 35.5 Å². The highest BCUT2D eigenvalue weighted by Crippen LogP contribution is 2.10. The normalized spacial score (nSPS) is 10.3. The quantitative estimate of drug-likeness (QED) is 0.834. The van der Waals surface area contributed by atoms with Gasteiger partial charge in [0.15, 0.2) is 0 Å². The number of carbonyl (C=O) groups excluding carboxylic acids is 1. The minimum atomic E-state index is 0.00117. The summed E-state index contributed by atoms with van der Waals surface area (Å²) in [6.07, 6.45) is 2.64. The first-order chi connectivity index (χ1) is 9.74. The van der Waals surface area contributed by atoms with Crippen LogP contribution in [0.3, 0.4) is 0 Å². The van der Waals surface area contributed by atoms with Gasteiger partial charge in [-0.3, -0.25) is 9.78 Å². The van der Waals surface area contributed by atoms with Gasteiger partial charge in [-0.25, -0.2) is 0 Å². The van der Waals surface area contributed by atoms with E-state index in [1.165, 1.54) is 5.56 Å². The maximum atomic E-state index is 12.1. The Kier molecular flexibility index (Phi) is 4.88. The number of benzene rings is 1. The van der Waals surface area contributed by atoms with Crippen LogP contribution in [0, 0.1) is 0 Å². The molecule has 104 valence electrons. The van der Waals surface area contributed by atoms with Gasteiger partial charge in [-0.05, 0) is 37.5 Å². The standard InChI is InChI=1S/C17H20N2O/c1-3-19(4-2)17(20)16-11-10-15(13-18-16)12-14-8-6-5-7-9-14/h5-11,13H,3-4,12H2,1-2H3. The molecule has 0 aliphatic rings. The van der Waals surface area contributed by atoms with Gasteiger partial charge in [0.2, 0.25) is 0 Å². The number of hydrogen-bond acceptors (Lipinski definition) is 2. The zero-order valence-corrected chi connectivity index (χ0v) is 12.0. The van der Waals surface area contributed by atoms with Crippen LogP contribution in [0.25, 0.3) is 0 Å². The van der Waals surface area contributed by atoms with E-state index >= 15 is 0 Å². The molecule has 0 saturated carbocycles. The first-order valence-corrected chi connectivity index (χ1v) is 7.02. The zero-order valence-electron chi connectivity index (χ0n) is 12.0. The zero-order chi connectivity index (χ0) is 14.4. The summed E-state index contributed by atoms with van der Waals surface area (Å²) in [5.74, 6) is 0.00117. The number of hydrogen-bond donors (Lipinski definition) is 0. The van der Waals surface area contributed by atoms with Crippen LogP contribution < -0.4 is 0 Å². The second-order valence-corrected chi connectivity index (χ2v) is 4.69. The van der Waals surface area contributed by atoms with Crippen molar-refractivity contribution >= 4 is 5.91 Å². The lowest BCUT2D eigenvalue weighted by Gasteiger charge is -2.17. The van der Waals surface area contributed by atoms with E-state index in [0.717, 1.165) is 12.0 Å². The lowest BCUT2D eigenvalue weighted by atomic mass is 10.1. The summed E-state index contributed by atoms with van der Waals surface area (Å²) < 4.78 is 0. The van der Waals surface area contributed by atoms with Crippen LogP contribution in [-0.4, -0.2) is 28.9 Å². The molecule has 1 heterocycles. The van der Waals surface area contributed by atoms with Crippen molar-refractivity contribution < 1.29 is 4.79 Å². The number of nitrogens with zero attached hydrogens (tertiary/aromatic N) is 2. The van der Waals surface area contributed by atoms with E-state index in [1.807, 2.05) is 44.2 Å². The third-order valence-electron chi connectivity index (χ3n) is 3.35. The maximum absolute atomic E-state index is 12.1. The van der Waals surface area contributed by atoms with Crippen LogP contribution >= 0.6 is 0 Å². The van der Waals surface area contributed by atoms with Gasteiger partial charge in [-0.2, -0.15) is 0 Å². The predicted octanol–water partition coefficient (Wildman–Crippen LogP) is 3.15. The SMILES string of the molecule is CCN(CC)C(=O)c1ccc(Cc2ccccc2)cn1. The topological polar surface area (TPSA) is 33.2 Å². The molecule has 0 aliphatic carbocycles. The molecule has 2 aromatic rings. The van der Waals surface area contributed by atoms with Gasteiger partial charge in [0, 0.05) is 19.3 Å². The number of amides is 1. The Labute approximate surface area is 120 Å². The smallest absolute Gasteiger partial charge is 0.272 e. The van der Waals surface area contributed by atoms with E-state index in [9.17, 15) is 4.79 Å². The molecule has 1 aromatic carbocycles. The average Bonchev–Trinajstić information content (AvgIpc) is 2.50. The molecule has 3 heteroatoms. The van der Waals surface area contributed by atoms with Crippen LogP contribution in [-0.2, 0) is 6.42 Å². The Bertz CT molecular complexity index is 545. The lowest BCUT2D eigenvalue weighted by molar-refractivity contribution is 0.0767. The molecule has 2 rings (SSSR count). The number of carbonyl (C=O) groups is 1. The highest BCUT2D eigenvalue weighted by Gasteiger charge is 2.13. The number of rotatable bonds is 5. The molecular weight excluding hydrogens is 248 g/mol. The number of pyridine rings is 1. The Morgan fingerprint density at radius 1 is 1.00 bits per heavy atom. The summed E-state index contributed by atoms with van der Waals surface area (Å²) in [4.78, 5) is 18.2. The first kappa shape index (κ1) is 14.3. The number of aromatic nitrogens is 1. The highest BCUT2D eigenvalue weighted by atomic mass is 16.2. The van der Waals surface area contributed by atoms with Crippen molar-refractivity contribution in [2.24, 2.45) is 0 Å². The Balaban J connectivity index is 2.08. The molecule has 0 bridgehead atoms. The minimum Gasteiger partial charge on any atom is -0.338 e. The van der Waals surface area contributed by atoms with Gasteiger partial charge in [-0.1, -0.05) is 36.4 Å². The molecule has 0 radical (unpaired) electrons. The van der Waals surface area contributed by atoms with E-state index in [4.69, 9.17) is 0 Å². The van der Waals surface area contributed by atoms with E-state index in [0.29, 0.717) is 18.8 Å². The molecule has 1 aromatic heterocycles. The molecular formula is C17H20N2O. The summed E-state index contributed by atoms with van der Waals surface area (Å²) in [5, 5.41) is 0. The monoisotopic (exact) mass is 268 g/mol. The van der Waals surface area contributed by atoms with E-state index in [1.54, 1.807) is 11.1 Å². The predicted molar refractivity (Wildman–Crippen MR) is 80.7 cm³/mol. The van der Waals surface area contributed by atoms with Crippen LogP contribution in [0.4, 0.5) is 0 Å². The Hall–Kier alpha value is -2.16. The molecule has 3 nitrogen and oxygen atoms in total. The van der Waals surface area contributed by atoms with Crippen molar-refractivity contribution in [1.82, 2.24) is 9.88 Å². The van der Waals surface area contributed by atoms with Crippen LogP contribution in [0.2, 0.25) is 0 Å². The van der Waals surface area contributed by atoms with Gasteiger partial charge in [-0.15, -0.1) is 0 Å². The summed E-state index contributed by atoms with van der Waals surface area (Å²) in [5.41, 5.74) is 2.88. The van der Waals surface area contributed by atoms with Crippen molar-refractivity contribution in [2.75, 3.05) is 13.1 Å². The maximum Gasteiger partial charge on any atom is 0.272 e. The third kappa shape index (κ3) is 3.44. The molecule has 0 N–H and O–H groups in total. The molecule has 0 unspecified atom stereocenters. The molecule has 0 atom stereocenters. The molecule has 0 saturated heterocycles. The molecule has 20 heavy (non-hydrogen) atoms. The second kappa shape index (κ2) is 6.85. The fourth-order valence-electron chi connectivity index (χ4n) is 2.16. The third-order valence-corrected chi connectivity index (χ3v) is 3.35. The average molecular weight is 268 g/mol. The van der Waals surface area contributed by atoms with Crippen molar-refractivity contribution in [3.8, 4) is 0 Å². The van der Waals surface area contributed by atoms with Gasteiger partial charge < -0.3 is 4.90 Å². The van der Waals surface area contributed by atoms with Gasteiger partial charge in [0.25, 0.3) is 5.91 Å².